The summed E-state index contributed by atoms with van der Waals surface area (Å²) >= 11 is 0. The summed E-state index contributed by atoms with van der Waals surface area (Å²) in [7, 11) is -3.77. The maximum Gasteiger partial charge on any atom is 0.333 e. The molecule has 0 saturated carbocycles. The van der Waals surface area contributed by atoms with E-state index in [4.69, 9.17) is 0 Å². The summed E-state index contributed by atoms with van der Waals surface area (Å²) in [6, 6.07) is 0. The van der Waals surface area contributed by atoms with Crippen molar-refractivity contribution in [2.24, 2.45) is 0 Å². The second-order valence-corrected chi connectivity index (χ2v) is 7.90. The molecule has 0 N–H and O–H groups in total. The average molecular weight is 365 g/mol. The fourth-order valence-electron chi connectivity index (χ4n) is 2.49. The van der Waals surface area contributed by atoms with Gasteiger partial charge in [-0.1, -0.05) is 52.4 Å². The third-order valence-corrected chi connectivity index (χ3v) is 5.79. The van der Waals surface area contributed by atoms with Crippen molar-refractivity contribution in [3.05, 3.63) is 12.4 Å². The number of unbranched alkanes of at least 4 members (excludes halogenated alkanes) is 6. The molecule has 0 radical (unpaired) electrons. The first-order valence-electron chi connectivity index (χ1n) is 8.76. The number of hydrogen-bond donors (Lipinski definition) is 0. The van der Waals surface area contributed by atoms with Crippen molar-refractivity contribution in [1.82, 2.24) is 14.1 Å². The van der Waals surface area contributed by atoms with Crippen LogP contribution in [0.2, 0.25) is 0 Å². The highest BCUT2D eigenvalue weighted by atomic mass is 32.2. The lowest BCUT2D eigenvalue weighted by atomic mass is 10.2. The molecule has 140 valence electrons. The van der Waals surface area contributed by atoms with Crippen molar-refractivity contribution < 1.29 is 17.2 Å². The van der Waals surface area contributed by atoms with E-state index in [0.717, 1.165) is 63.8 Å². The Hall–Kier alpha value is -1.02. The topological polar surface area (TPSA) is 55.2 Å². The van der Waals surface area contributed by atoms with Crippen LogP contribution < -0.4 is 0 Å². The van der Waals surface area contributed by atoms with E-state index in [1.807, 2.05) is 0 Å². The number of sulfonamides is 1. The Morgan fingerprint density at radius 3 is 2.00 bits per heavy atom. The highest BCUT2D eigenvalue weighted by Gasteiger charge is 2.26. The Bertz CT molecular complexity index is 549. The first kappa shape index (κ1) is 21.0. The van der Waals surface area contributed by atoms with Gasteiger partial charge in [-0.3, -0.25) is 0 Å². The minimum Gasteiger partial charge on any atom is -0.210 e. The van der Waals surface area contributed by atoms with Crippen LogP contribution in [0.25, 0.3) is 0 Å². The molecule has 24 heavy (non-hydrogen) atoms. The van der Waals surface area contributed by atoms with Crippen LogP contribution in [-0.4, -0.2) is 35.6 Å². The van der Waals surface area contributed by atoms with Crippen molar-refractivity contribution in [1.29, 1.82) is 0 Å². The summed E-state index contributed by atoms with van der Waals surface area (Å²) in [6.07, 6.45) is 9.68. The van der Waals surface area contributed by atoms with Crippen LogP contribution in [0.15, 0.2) is 17.3 Å². The van der Waals surface area contributed by atoms with Gasteiger partial charge in [-0.25, -0.2) is 13.1 Å². The van der Waals surface area contributed by atoms with Gasteiger partial charge in [-0.05, 0) is 12.8 Å². The van der Waals surface area contributed by atoms with Gasteiger partial charge >= 0.3 is 6.55 Å². The SMILES string of the molecule is CCCCCCN(CCCCCC)S(=O)(=O)c1cnn(C(F)F)c1. The lowest BCUT2D eigenvalue weighted by Gasteiger charge is -2.21. The molecule has 0 fully saturated rings. The van der Waals surface area contributed by atoms with Crippen molar-refractivity contribution in [3.63, 3.8) is 0 Å². The molecular weight excluding hydrogens is 336 g/mol. The molecule has 0 aliphatic heterocycles. The molecule has 0 saturated heterocycles. The zero-order chi connectivity index (χ0) is 18.0. The summed E-state index contributed by atoms with van der Waals surface area (Å²) < 4.78 is 52.5. The molecule has 0 aliphatic rings. The molecule has 1 aromatic rings. The predicted molar refractivity (Wildman–Crippen MR) is 90.5 cm³/mol. The molecule has 0 bridgehead atoms. The third kappa shape index (κ3) is 6.47. The van der Waals surface area contributed by atoms with Crippen LogP contribution in [0.5, 0.6) is 0 Å². The van der Waals surface area contributed by atoms with E-state index in [1.165, 1.54) is 4.31 Å². The summed E-state index contributed by atoms with van der Waals surface area (Å²) in [4.78, 5) is -0.159. The van der Waals surface area contributed by atoms with Crippen LogP contribution in [0.1, 0.15) is 71.8 Å². The molecule has 0 aromatic carbocycles. The zero-order valence-corrected chi connectivity index (χ0v) is 15.4. The summed E-state index contributed by atoms with van der Waals surface area (Å²) in [5.41, 5.74) is 0. The van der Waals surface area contributed by atoms with E-state index < -0.39 is 16.6 Å². The number of alkyl halides is 2. The molecule has 0 amide bonds. The molecule has 1 aromatic heterocycles. The van der Waals surface area contributed by atoms with Crippen LogP contribution in [0, 0.1) is 0 Å². The molecule has 0 aliphatic carbocycles. The lowest BCUT2D eigenvalue weighted by Crippen LogP contribution is -2.33. The summed E-state index contributed by atoms with van der Waals surface area (Å²) in [5.74, 6) is 0. The lowest BCUT2D eigenvalue weighted by molar-refractivity contribution is 0.0563. The standard InChI is InChI=1S/C16H29F2N3O2S/c1-3-5-7-9-11-20(12-10-8-6-4-2)24(22,23)15-13-19-21(14-15)16(17)18/h13-14,16H,3-12H2,1-2H3. The largest absolute Gasteiger partial charge is 0.333 e. The minimum absolute atomic E-state index is 0.159. The third-order valence-electron chi connectivity index (χ3n) is 3.94. The Balaban J connectivity index is 2.79. The van der Waals surface area contributed by atoms with Gasteiger partial charge in [0.25, 0.3) is 0 Å². The van der Waals surface area contributed by atoms with Gasteiger partial charge in [-0.2, -0.15) is 18.2 Å². The van der Waals surface area contributed by atoms with Gasteiger partial charge in [0.15, 0.2) is 0 Å². The zero-order valence-electron chi connectivity index (χ0n) is 14.6. The molecule has 5 nitrogen and oxygen atoms in total. The Kier molecular flexibility index (Phi) is 9.43. The Morgan fingerprint density at radius 1 is 1.04 bits per heavy atom. The van der Waals surface area contributed by atoms with Gasteiger partial charge in [0, 0.05) is 13.1 Å². The quantitative estimate of drug-likeness (QED) is 0.486. The van der Waals surface area contributed by atoms with Gasteiger partial charge in [0.05, 0.1) is 12.4 Å². The van der Waals surface area contributed by atoms with Crippen LogP contribution in [0.3, 0.4) is 0 Å². The monoisotopic (exact) mass is 365 g/mol. The normalized spacial score (nSPS) is 12.4. The summed E-state index contributed by atoms with van der Waals surface area (Å²) in [5, 5.41) is 3.44. The van der Waals surface area contributed by atoms with Crippen molar-refractivity contribution in [2.75, 3.05) is 13.1 Å². The number of aromatic nitrogens is 2. The van der Waals surface area contributed by atoms with E-state index in [1.54, 1.807) is 0 Å². The van der Waals surface area contributed by atoms with Gasteiger partial charge < -0.3 is 0 Å². The minimum atomic E-state index is -3.77. The fourth-order valence-corrected chi connectivity index (χ4v) is 3.95. The number of hydrogen-bond acceptors (Lipinski definition) is 3. The number of nitrogens with zero attached hydrogens (tertiary/aromatic N) is 3. The number of rotatable bonds is 13. The van der Waals surface area contributed by atoms with E-state index in [9.17, 15) is 17.2 Å². The first-order valence-corrected chi connectivity index (χ1v) is 10.2. The average Bonchev–Trinajstić information content (AvgIpc) is 3.04. The highest BCUT2D eigenvalue weighted by Crippen LogP contribution is 2.19. The van der Waals surface area contributed by atoms with Crippen LogP contribution >= 0.6 is 0 Å². The Labute approximate surface area is 144 Å². The Morgan fingerprint density at radius 2 is 1.58 bits per heavy atom. The molecule has 8 heteroatoms. The van der Waals surface area contributed by atoms with Gasteiger partial charge in [0.1, 0.15) is 4.90 Å². The second kappa shape index (κ2) is 10.8. The smallest absolute Gasteiger partial charge is 0.210 e. The van der Waals surface area contributed by atoms with E-state index in [2.05, 4.69) is 18.9 Å². The molecule has 0 unspecified atom stereocenters. The molecule has 1 rings (SSSR count). The predicted octanol–water partition coefficient (Wildman–Crippen LogP) is 4.43. The second-order valence-electron chi connectivity index (χ2n) is 5.96. The van der Waals surface area contributed by atoms with E-state index >= 15 is 0 Å². The highest BCUT2D eigenvalue weighted by molar-refractivity contribution is 7.89. The maximum absolute atomic E-state index is 12.7. The van der Waals surface area contributed by atoms with E-state index in [0.29, 0.717) is 17.8 Å². The number of halogens is 2. The maximum atomic E-state index is 12.7. The molecule has 0 spiro atoms. The van der Waals surface area contributed by atoms with E-state index in [-0.39, 0.29) is 4.90 Å². The van der Waals surface area contributed by atoms with Gasteiger partial charge in [-0.15, -0.1) is 0 Å². The van der Waals surface area contributed by atoms with Crippen LogP contribution in [0.4, 0.5) is 8.78 Å². The van der Waals surface area contributed by atoms with Crippen LogP contribution in [-0.2, 0) is 10.0 Å². The fraction of sp³-hybridized carbons (Fsp3) is 0.812. The van der Waals surface area contributed by atoms with Crippen molar-refractivity contribution in [3.8, 4) is 0 Å². The summed E-state index contributed by atoms with van der Waals surface area (Å²) in [6.45, 7) is 2.20. The van der Waals surface area contributed by atoms with Gasteiger partial charge in [0.2, 0.25) is 10.0 Å². The van der Waals surface area contributed by atoms with Crippen molar-refractivity contribution in [2.45, 2.75) is 76.7 Å². The molecule has 1 heterocycles. The van der Waals surface area contributed by atoms with Crippen molar-refractivity contribution >= 4 is 10.0 Å². The molecular formula is C16H29F2N3O2S. The first-order chi connectivity index (χ1) is 11.4. The molecule has 0 atom stereocenters.